The monoisotopic (exact) mass is 265 g/mol. The smallest absolute Gasteiger partial charge is 0.226 e. The van der Waals surface area contributed by atoms with Gasteiger partial charge in [-0.1, -0.05) is 39.3 Å². The Morgan fingerprint density at radius 1 is 1.21 bits per heavy atom. The van der Waals surface area contributed by atoms with Crippen LogP contribution in [0.1, 0.15) is 59.8 Å². The van der Waals surface area contributed by atoms with E-state index in [1.807, 2.05) is 0 Å². The summed E-state index contributed by atoms with van der Waals surface area (Å²) in [5.41, 5.74) is 1.24. The second kappa shape index (κ2) is 9.82. The van der Waals surface area contributed by atoms with Crippen molar-refractivity contribution in [3.8, 4) is 0 Å². The molecular weight excluding hydrogens is 234 g/mol. The van der Waals surface area contributed by atoms with Crippen molar-refractivity contribution in [1.82, 2.24) is 4.90 Å². The quantitative estimate of drug-likeness (QED) is 0.411. The van der Waals surface area contributed by atoms with Gasteiger partial charge in [0.05, 0.1) is 0 Å². The van der Waals surface area contributed by atoms with Gasteiger partial charge >= 0.3 is 0 Å². The number of allylic oxidation sites excluding steroid dienone is 1. The molecule has 0 aliphatic rings. The highest BCUT2D eigenvalue weighted by Gasteiger charge is 2.16. The summed E-state index contributed by atoms with van der Waals surface area (Å²) in [6.45, 7) is 17.0. The lowest BCUT2D eigenvalue weighted by Crippen LogP contribution is -2.28. The van der Waals surface area contributed by atoms with E-state index in [4.69, 9.17) is 0 Å². The number of hydrogen-bond donors (Lipinski definition) is 0. The van der Waals surface area contributed by atoms with Crippen molar-refractivity contribution in [3.63, 3.8) is 0 Å². The van der Waals surface area contributed by atoms with E-state index in [9.17, 15) is 4.79 Å². The molecule has 0 aromatic rings. The Kier molecular flexibility index (Phi) is 9.28. The Morgan fingerprint density at radius 2 is 1.84 bits per heavy atom. The number of amides is 1. The molecule has 0 rings (SSSR count). The summed E-state index contributed by atoms with van der Waals surface area (Å²) in [6, 6.07) is 0. The van der Waals surface area contributed by atoms with E-state index in [1.54, 1.807) is 11.1 Å². The molecule has 0 heterocycles. The molecule has 0 saturated heterocycles. The summed E-state index contributed by atoms with van der Waals surface area (Å²) >= 11 is 0. The van der Waals surface area contributed by atoms with Gasteiger partial charge in [0.15, 0.2) is 0 Å². The third-order valence-corrected chi connectivity index (χ3v) is 3.68. The van der Waals surface area contributed by atoms with Gasteiger partial charge in [0.2, 0.25) is 5.91 Å². The van der Waals surface area contributed by atoms with Crippen molar-refractivity contribution >= 4 is 5.91 Å². The van der Waals surface area contributed by atoms with E-state index < -0.39 is 0 Å². The number of hydrogen-bond acceptors (Lipinski definition) is 1. The van der Waals surface area contributed by atoms with Gasteiger partial charge in [0, 0.05) is 13.0 Å². The van der Waals surface area contributed by atoms with Crippen molar-refractivity contribution < 1.29 is 4.79 Å². The molecule has 0 aliphatic carbocycles. The number of nitrogens with zero attached hydrogens (tertiary/aromatic N) is 1. The second-order valence-electron chi connectivity index (χ2n) is 5.96. The van der Waals surface area contributed by atoms with Crippen molar-refractivity contribution in [2.24, 2.45) is 11.8 Å². The summed E-state index contributed by atoms with van der Waals surface area (Å²) < 4.78 is 0. The van der Waals surface area contributed by atoms with E-state index in [2.05, 4.69) is 40.9 Å². The molecule has 1 amide bonds. The van der Waals surface area contributed by atoms with Crippen LogP contribution in [0, 0.1) is 11.8 Å². The minimum Gasteiger partial charge on any atom is -0.320 e. The molecule has 2 nitrogen and oxygen atoms in total. The molecule has 2 heteroatoms. The molecule has 0 saturated carbocycles. The highest BCUT2D eigenvalue weighted by molar-refractivity contribution is 5.77. The Bertz CT molecular complexity index is 294. The Labute approximate surface area is 119 Å². The lowest BCUT2D eigenvalue weighted by Gasteiger charge is -2.21. The van der Waals surface area contributed by atoms with Crippen LogP contribution in [0.15, 0.2) is 24.9 Å². The van der Waals surface area contributed by atoms with Crippen molar-refractivity contribution in [1.29, 1.82) is 0 Å². The van der Waals surface area contributed by atoms with Crippen LogP contribution in [0.2, 0.25) is 0 Å². The first-order chi connectivity index (χ1) is 8.88. The van der Waals surface area contributed by atoms with E-state index in [0.29, 0.717) is 18.3 Å². The van der Waals surface area contributed by atoms with E-state index in [0.717, 1.165) is 32.2 Å². The molecule has 110 valence electrons. The highest BCUT2D eigenvalue weighted by Crippen LogP contribution is 2.16. The molecule has 0 N–H and O–H groups in total. The standard InChI is InChI=1S/C17H31NO/c1-7-18(12-10-8-9-11-14(2)3)17(19)13-16(6)15(4)5/h7,15-16H,1-2,8-13H2,3-6H3. The third-order valence-electron chi connectivity index (χ3n) is 3.68. The predicted molar refractivity (Wildman–Crippen MR) is 83.8 cm³/mol. The predicted octanol–water partition coefficient (Wildman–Crippen LogP) is 4.78. The fraction of sp³-hybridized carbons (Fsp3) is 0.706. The van der Waals surface area contributed by atoms with Gasteiger partial charge in [-0.2, -0.15) is 0 Å². The topological polar surface area (TPSA) is 20.3 Å². The number of rotatable bonds is 10. The largest absolute Gasteiger partial charge is 0.320 e. The maximum Gasteiger partial charge on any atom is 0.226 e. The van der Waals surface area contributed by atoms with Crippen molar-refractivity contribution in [2.45, 2.75) is 59.8 Å². The van der Waals surface area contributed by atoms with Gasteiger partial charge < -0.3 is 4.90 Å². The van der Waals surface area contributed by atoms with Gasteiger partial charge in [0.25, 0.3) is 0 Å². The molecular formula is C17H31NO. The van der Waals surface area contributed by atoms with Gasteiger partial charge in [-0.3, -0.25) is 4.79 Å². The zero-order valence-electron chi connectivity index (χ0n) is 13.2. The first-order valence-electron chi connectivity index (χ1n) is 7.44. The second-order valence-corrected chi connectivity index (χ2v) is 5.96. The maximum absolute atomic E-state index is 12.1. The third kappa shape index (κ3) is 8.63. The fourth-order valence-electron chi connectivity index (χ4n) is 1.83. The SMILES string of the molecule is C=CN(CCCCCC(=C)C)C(=O)CC(C)C(C)C. The van der Waals surface area contributed by atoms with Crippen molar-refractivity contribution in [3.05, 3.63) is 24.9 Å². The molecule has 19 heavy (non-hydrogen) atoms. The summed E-state index contributed by atoms with van der Waals surface area (Å²) in [7, 11) is 0. The van der Waals surface area contributed by atoms with Crippen LogP contribution in [0.5, 0.6) is 0 Å². The van der Waals surface area contributed by atoms with Crippen molar-refractivity contribution in [2.75, 3.05) is 6.54 Å². The zero-order chi connectivity index (χ0) is 14.8. The first kappa shape index (κ1) is 17.9. The van der Waals surface area contributed by atoms with E-state index in [1.165, 1.54) is 5.57 Å². The van der Waals surface area contributed by atoms with Gasteiger partial charge in [-0.25, -0.2) is 0 Å². The lowest BCUT2D eigenvalue weighted by molar-refractivity contribution is -0.129. The molecule has 0 radical (unpaired) electrons. The van der Waals surface area contributed by atoms with Crippen LogP contribution in [-0.2, 0) is 4.79 Å². The van der Waals surface area contributed by atoms with E-state index in [-0.39, 0.29) is 5.91 Å². The lowest BCUT2D eigenvalue weighted by atomic mass is 9.94. The average Bonchev–Trinajstić information content (AvgIpc) is 2.32. The summed E-state index contributed by atoms with van der Waals surface area (Å²) in [4.78, 5) is 13.9. The fourth-order valence-corrected chi connectivity index (χ4v) is 1.83. The van der Waals surface area contributed by atoms with Crippen LogP contribution < -0.4 is 0 Å². The zero-order valence-corrected chi connectivity index (χ0v) is 13.2. The summed E-state index contributed by atoms with van der Waals surface area (Å²) in [6.07, 6.45) is 6.73. The minimum absolute atomic E-state index is 0.205. The number of carbonyl (C=O) groups excluding carboxylic acids is 1. The normalized spacial score (nSPS) is 12.3. The number of unbranched alkanes of at least 4 members (excludes halogenated alkanes) is 2. The molecule has 1 unspecified atom stereocenters. The summed E-state index contributed by atoms with van der Waals surface area (Å²) in [5.74, 6) is 1.18. The van der Waals surface area contributed by atoms with Crippen LogP contribution in [-0.4, -0.2) is 17.4 Å². The molecule has 1 atom stereocenters. The number of carbonyl (C=O) groups is 1. The molecule has 0 aliphatic heterocycles. The van der Waals surface area contributed by atoms with Gasteiger partial charge in [0.1, 0.15) is 0 Å². The van der Waals surface area contributed by atoms with E-state index >= 15 is 0 Å². The first-order valence-corrected chi connectivity index (χ1v) is 7.44. The summed E-state index contributed by atoms with van der Waals surface area (Å²) in [5, 5.41) is 0. The van der Waals surface area contributed by atoms with Gasteiger partial charge in [-0.05, 0) is 44.2 Å². The molecule has 0 spiro atoms. The Morgan fingerprint density at radius 3 is 2.32 bits per heavy atom. The molecule has 0 aromatic carbocycles. The Balaban J connectivity index is 3.96. The van der Waals surface area contributed by atoms with Gasteiger partial charge in [-0.15, -0.1) is 6.58 Å². The molecule has 0 bridgehead atoms. The average molecular weight is 265 g/mol. The van der Waals surface area contributed by atoms with Crippen LogP contribution in [0.3, 0.4) is 0 Å². The van der Waals surface area contributed by atoms with Crippen LogP contribution in [0.25, 0.3) is 0 Å². The minimum atomic E-state index is 0.205. The molecule has 0 aromatic heterocycles. The van der Waals surface area contributed by atoms with Crippen LogP contribution >= 0.6 is 0 Å². The van der Waals surface area contributed by atoms with Crippen LogP contribution in [0.4, 0.5) is 0 Å². The Hall–Kier alpha value is -1.05. The molecule has 0 fully saturated rings. The highest BCUT2D eigenvalue weighted by atomic mass is 16.2. The maximum atomic E-state index is 12.1.